The maximum atomic E-state index is 13.5. The molecule has 0 spiro atoms. The summed E-state index contributed by atoms with van der Waals surface area (Å²) in [7, 11) is 0. The van der Waals surface area contributed by atoms with Gasteiger partial charge in [0.25, 0.3) is 11.8 Å². The Hall–Kier alpha value is -4.35. The summed E-state index contributed by atoms with van der Waals surface area (Å²) in [5, 5.41) is 29.9. The molecule has 2 aromatic rings. The van der Waals surface area contributed by atoms with Gasteiger partial charge in [-0.2, -0.15) is 13.2 Å². The van der Waals surface area contributed by atoms with E-state index in [1.54, 1.807) is 36.4 Å². The molecule has 1 aliphatic rings. The van der Waals surface area contributed by atoms with Crippen LogP contribution in [0, 0.1) is 0 Å². The van der Waals surface area contributed by atoms with Crippen LogP contribution in [0.15, 0.2) is 36.4 Å². The summed E-state index contributed by atoms with van der Waals surface area (Å²) in [4.78, 5) is 62.6. The van der Waals surface area contributed by atoms with Gasteiger partial charge >= 0.3 is 18.2 Å². The number of benzene rings is 1. The van der Waals surface area contributed by atoms with Crippen LogP contribution < -0.4 is 20.9 Å². The van der Waals surface area contributed by atoms with E-state index in [0.29, 0.717) is 16.9 Å². The minimum absolute atomic E-state index is 0.0991. The number of carboxylic acids is 1. The van der Waals surface area contributed by atoms with Crippen molar-refractivity contribution in [2.75, 3.05) is 13.1 Å². The number of nitrogens with zero attached hydrogens (tertiary/aromatic N) is 2. The summed E-state index contributed by atoms with van der Waals surface area (Å²) >= 11 is 11.8. The van der Waals surface area contributed by atoms with Crippen LogP contribution in [0.2, 0.25) is 10.3 Å². The number of aliphatic carboxylic acids is 1. The SMILES string of the molecule is CC(C(=O)NO)N1CCC(NC(=O)CNC(=O)O)(c2ccc(OCc3cc(Cl)nc(Cl)c3)cc2)C1=O.O=C(O)C(F)(F)F. The van der Waals surface area contributed by atoms with E-state index < -0.39 is 54.1 Å². The number of likely N-dealkylation sites (tertiary alicyclic amines) is 1. The molecule has 2 unspecified atom stereocenters. The molecule has 1 aromatic heterocycles. The second kappa shape index (κ2) is 14.7. The van der Waals surface area contributed by atoms with E-state index in [1.165, 1.54) is 17.3 Å². The highest BCUT2D eigenvalue weighted by molar-refractivity contribution is 6.32. The first-order valence-corrected chi connectivity index (χ1v) is 12.6. The van der Waals surface area contributed by atoms with Gasteiger partial charge in [0.15, 0.2) is 0 Å². The van der Waals surface area contributed by atoms with Gasteiger partial charge in [-0.25, -0.2) is 20.1 Å². The summed E-state index contributed by atoms with van der Waals surface area (Å²) in [6.07, 6.45) is -6.38. The Bertz CT molecular complexity index is 1340. The van der Waals surface area contributed by atoms with Crippen molar-refractivity contribution < 1.29 is 57.3 Å². The van der Waals surface area contributed by atoms with Gasteiger partial charge in [-0.05, 0) is 42.3 Å². The number of aromatic nitrogens is 1. The Kier molecular flexibility index (Phi) is 11.9. The molecule has 2 heterocycles. The standard InChI is InChI=1S/C22H23Cl2N5O7.C2HF3O2/c1-12(19(31)28-35)29-7-6-22(20(29)32,27-18(30)10-25-21(33)34)14-2-4-15(5-3-14)36-11-13-8-16(23)26-17(24)9-13;3-2(4,5)1(6)7/h2-5,8-9,12,25,35H,6-7,10-11H2,1H3,(H,27,30)(H,28,31)(H,33,34);(H,6,7). The predicted octanol–water partition coefficient (Wildman–Crippen LogP) is 2.31. The fraction of sp³-hybridized carbons (Fsp3) is 0.333. The molecule has 3 rings (SSSR count). The zero-order valence-corrected chi connectivity index (χ0v) is 23.5. The molecule has 1 aromatic carbocycles. The lowest BCUT2D eigenvalue weighted by atomic mass is 9.87. The summed E-state index contributed by atoms with van der Waals surface area (Å²) < 4.78 is 37.5. The van der Waals surface area contributed by atoms with Gasteiger partial charge < -0.3 is 30.5 Å². The number of ether oxygens (including phenoxy) is 1. The largest absolute Gasteiger partial charge is 0.490 e. The number of halogens is 5. The van der Waals surface area contributed by atoms with E-state index >= 15 is 0 Å². The normalized spacial score (nSPS) is 16.8. The van der Waals surface area contributed by atoms with Gasteiger partial charge in [-0.3, -0.25) is 19.6 Å². The van der Waals surface area contributed by atoms with E-state index in [-0.39, 0.29) is 29.9 Å². The van der Waals surface area contributed by atoms with E-state index in [2.05, 4.69) is 10.3 Å². The lowest BCUT2D eigenvalue weighted by Gasteiger charge is -2.31. The van der Waals surface area contributed by atoms with Crippen LogP contribution in [0.3, 0.4) is 0 Å². The van der Waals surface area contributed by atoms with Crippen molar-refractivity contribution in [1.82, 2.24) is 26.0 Å². The molecular weight excluding hydrogens is 630 g/mol. The molecular formula is C24H24Cl2F3N5O9. The molecule has 1 aliphatic heterocycles. The highest BCUT2D eigenvalue weighted by Gasteiger charge is 2.51. The highest BCUT2D eigenvalue weighted by atomic mass is 35.5. The second-order valence-corrected chi connectivity index (χ2v) is 9.52. The number of carbonyl (C=O) groups excluding carboxylic acids is 3. The van der Waals surface area contributed by atoms with Crippen molar-refractivity contribution in [2.45, 2.75) is 37.7 Å². The maximum absolute atomic E-state index is 13.5. The molecule has 234 valence electrons. The topological polar surface area (TPSA) is 207 Å². The summed E-state index contributed by atoms with van der Waals surface area (Å²) in [6.45, 7) is 1.10. The molecule has 14 nitrogen and oxygen atoms in total. The number of carbonyl (C=O) groups is 5. The van der Waals surface area contributed by atoms with Gasteiger partial charge in [-0.1, -0.05) is 35.3 Å². The average Bonchev–Trinajstić information content (AvgIpc) is 3.25. The minimum Gasteiger partial charge on any atom is -0.489 e. The van der Waals surface area contributed by atoms with Crippen LogP contribution >= 0.6 is 23.2 Å². The Morgan fingerprint density at radius 3 is 2.16 bits per heavy atom. The van der Waals surface area contributed by atoms with Crippen LogP contribution in [0.25, 0.3) is 0 Å². The van der Waals surface area contributed by atoms with Crippen LogP contribution in [-0.2, 0) is 31.3 Å². The number of hydrogen-bond acceptors (Lipinski definition) is 8. The first-order valence-electron chi connectivity index (χ1n) is 11.9. The molecule has 0 radical (unpaired) electrons. The van der Waals surface area contributed by atoms with Crippen molar-refractivity contribution in [3.8, 4) is 5.75 Å². The molecule has 4 amide bonds. The molecule has 6 N–H and O–H groups in total. The van der Waals surface area contributed by atoms with Crippen molar-refractivity contribution >= 4 is 53.0 Å². The number of pyridine rings is 1. The smallest absolute Gasteiger partial charge is 0.489 e. The highest BCUT2D eigenvalue weighted by Crippen LogP contribution is 2.35. The zero-order valence-electron chi connectivity index (χ0n) is 21.9. The summed E-state index contributed by atoms with van der Waals surface area (Å²) in [5.74, 6) is -4.42. The number of carboxylic acid groups (broad SMARTS) is 2. The third-order valence-electron chi connectivity index (χ3n) is 5.88. The van der Waals surface area contributed by atoms with Crippen LogP contribution in [0.1, 0.15) is 24.5 Å². The van der Waals surface area contributed by atoms with Crippen molar-refractivity contribution in [3.05, 3.63) is 57.8 Å². The number of rotatable bonds is 9. The predicted molar refractivity (Wildman–Crippen MR) is 140 cm³/mol. The molecule has 1 fully saturated rings. The van der Waals surface area contributed by atoms with E-state index in [4.69, 9.17) is 48.2 Å². The monoisotopic (exact) mass is 653 g/mol. The van der Waals surface area contributed by atoms with Crippen LogP contribution in [0.5, 0.6) is 5.75 Å². The Morgan fingerprint density at radius 1 is 1.12 bits per heavy atom. The fourth-order valence-corrected chi connectivity index (χ4v) is 4.35. The number of hydroxylamine groups is 1. The Morgan fingerprint density at radius 2 is 1.67 bits per heavy atom. The maximum Gasteiger partial charge on any atom is 0.490 e. The fourth-order valence-electron chi connectivity index (χ4n) is 3.84. The van der Waals surface area contributed by atoms with Gasteiger partial charge in [0.2, 0.25) is 5.91 Å². The molecule has 1 saturated heterocycles. The third kappa shape index (κ3) is 9.59. The lowest BCUT2D eigenvalue weighted by Crippen LogP contribution is -2.55. The molecule has 43 heavy (non-hydrogen) atoms. The van der Waals surface area contributed by atoms with E-state index in [0.717, 1.165) is 0 Å². The van der Waals surface area contributed by atoms with Crippen molar-refractivity contribution in [2.24, 2.45) is 0 Å². The van der Waals surface area contributed by atoms with Crippen LogP contribution in [0.4, 0.5) is 18.0 Å². The molecule has 0 aliphatic carbocycles. The molecule has 0 bridgehead atoms. The number of amides is 4. The van der Waals surface area contributed by atoms with Gasteiger partial charge in [0.05, 0.1) is 0 Å². The Labute approximate surface area is 250 Å². The summed E-state index contributed by atoms with van der Waals surface area (Å²) in [6, 6.07) is 8.57. The minimum atomic E-state index is -5.08. The molecule has 2 atom stereocenters. The summed E-state index contributed by atoms with van der Waals surface area (Å²) in [5.41, 5.74) is 1.04. The van der Waals surface area contributed by atoms with Crippen LogP contribution in [-0.4, -0.2) is 80.4 Å². The Balaban J connectivity index is 0.000000821. The zero-order chi connectivity index (χ0) is 32.5. The molecule has 0 saturated carbocycles. The lowest BCUT2D eigenvalue weighted by molar-refractivity contribution is -0.192. The van der Waals surface area contributed by atoms with Crippen molar-refractivity contribution in [3.63, 3.8) is 0 Å². The molecule has 19 heteroatoms. The number of alkyl halides is 3. The first kappa shape index (κ1) is 34.8. The quantitative estimate of drug-likeness (QED) is 0.132. The van der Waals surface area contributed by atoms with Gasteiger partial charge in [-0.15, -0.1) is 0 Å². The number of nitrogens with one attached hydrogen (secondary N) is 3. The first-order chi connectivity index (χ1) is 20.0. The van der Waals surface area contributed by atoms with Gasteiger partial charge in [0, 0.05) is 13.0 Å². The third-order valence-corrected chi connectivity index (χ3v) is 6.27. The van der Waals surface area contributed by atoms with Gasteiger partial charge in [0.1, 0.15) is 40.8 Å². The van der Waals surface area contributed by atoms with E-state index in [9.17, 15) is 32.3 Å². The number of hydrogen-bond donors (Lipinski definition) is 6. The average molecular weight is 654 g/mol. The second-order valence-electron chi connectivity index (χ2n) is 8.75. The van der Waals surface area contributed by atoms with Crippen molar-refractivity contribution in [1.29, 1.82) is 0 Å². The van der Waals surface area contributed by atoms with E-state index in [1.807, 2.05) is 5.32 Å².